The van der Waals surface area contributed by atoms with E-state index in [2.05, 4.69) is 5.32 Å². The van der Waals surface area contributed by atoms with E-state index in [4.69, 9.17) is 15.3 Å². The summed E-state index contributed by atoms with van der Waals surface area (Å²) in [7, 11) is 1.43. The van der Waals surface area contributed by atoms with Crippen molar-refractivity contribution in [1.29, 1.82) is 10.5 Å². The number of imide groups is 1. The van der Waals surface area contributed by atoms with Crippen LogP contribution < -0.4 is 10.1 Å². The number of carbonyl (C=O) groups excluding carboxylic acids is 2. The highest BCUT2D eigenvalue weighted by atomic mass is 16.5. The zero-order chi connectivity index (χ0) is 15.8. The summed E-state index contributed by atoms with van der Waals surface area (Å²) in [4.78, 5) is 23.8. The minimum absolute atomic E-state index is 0.0767. The normalized spacial score (nSPS) is 11.1. The second-order valence-electron chi connectivity index (χ2n) is 4.49. The molecule has 1 N–H and O–H groups in total. The van der Waals surface area contributed by atoms with Gasteiger partial charge in [-0.15, -0.1) is 0 Å². The molecule has 0 saturated heterocycles. The molecule has 6 nitrogen and oxygen atoms in total. The number of nitrogens with one attached hydrogen (secondary N) is 1. The van der Waals surface area contributed by atoms with Gasteiger partial charge in [-0.2, -0.15) is 10.5 Å². The Hall–Kier alpha value is -2.86. The molecule has 1 aromatic rings. The third kappa shape index (κ3) is 4.32. The van der Waals surface area contributed by atoms with Crippen molar-refractivity contribution in [3.63, 3.8) is 0 Å². The van der Waals surface area contributed by atoms with E-state index >= 15 is 0 Å². The average molecular weight is 285 g/mol. The number of hydrogen-bond acceptors (Lipinski definition) is 5. The molecule has 0 bridgehead atoms. The highest BCUT2D eigenvalue weighted by molar-refractivity contribution is 6.06. The Bertz CT molecular complexity index is 599. The van der Waals surface area contributed by atoms with Gasteiger partial charge in [0.25, 0.3) is 5.91 Å². The van der Waals surface area contributed by atoms with Crippen LogP contribution in [0.4, 0.5) is 0 Å². The summed E-state index contributed by atoms with van der Waals surface area (Å²) in [6, 6.07) is 10.2. The van der Waals surface area contributed by atoms with Crippen LogP contribution in [0.3, 0.4) is 0 Å². The summed E-state index contributed by atoms with van der Waals surface area (Å²) in [5.41, 5.74) is 0.248. The molecule has 108 valence electrons. The number of amides is 2. The van der Waals surface area contributed by atoms with Crippen molar-refractivity contribution in [3.8, 4) is 17.9 Å². The van der Waals surface area contributed by atoms with Crippen molar-refractivity contribution in [3.05, 3.63) is 29.8 Å². The third-order valence-electron chi connectivity index (χ3n) is 2.96. The molecule has 6 heteroatoms. The van der Waals surface area contributed by atoms with E-state index < -0.39 is 23.7 Å². The van der Waals surface area contributed by atoms with Gasteiger partial charge in [-0.1, -0.05) is 19.1 Å². The first-order valence-corrected chi connectivity index (χ1v) is 6.30. The van der Waals surface area contributed by atoms with Crippen molar-refractivity contribution in [2.24, 2.45) is 11.8 Å². The van der Waals surface area contributed by atoms with Gasteiger partial charge in [-0.05, 0) is 18.1 Å². The van der Waals surface area contributed by atoms with E-state index in [0.29, 0.717) is 5.75 Å². The molecule has 0 heterocycles. The van der Waals surface area contributed by atoms with Crippen LogP contribution in [0.1, 0.15) is 23.7 Å². The minimum Gasteiger partial charge on any atom is -0.496 e. The smallest absolute Gasteiger partial charge is 0.261 e. The third-order valence-corrected chi connectivity index (χ3v) is 2.96. The van der Waals surface area contributed by atoms with Gasteiger partial charge >= 0.3 is 0 Å². The maximum Gasteiger partial charge on any atom is 0.261 e. The molecule has 1 atom stereocenters. The lowest BCUT2D eigenvalue weighted by atomic mass is 9.93. The monoisotopic (exact) mass is 285 g/mol. The molecule has 0 unspecified atom stereocenters. The molecule has 0 fully saturated rings. The van der Waals surface area contributed by atoms with Crippen molar-refractivity contribution < 1.29 is 14.3 Å². The molecular formula is C15H15N3O3. The lowest BCUT2D eigenvalue weighted by Crippen LogP contribution is -2.32. The van der Waals surface area contributed by atoms with Crippen LogP contribution in [0.2, 0.25) is 0 Å². The van der Waals surface area contributed by atoms with Gasteiger partial charge in [0.1, 0.15) is 11.7 Å². The van der Waals surface area contributed by atoms with Crippen LogP contribution in [0.15, 0.2) is 24.3 Å². The molecule has 0 aromatic heterocycles. The van der Waals surface area contributed by atoms with E-state index in [9.17, 15) is 9.59 Å². The van der Waals surface area contributed by atoms with E-state index in [1.54, 1.807) is 25.1 Å². The molecule has 2 amide bonds. The van der Waals surface area contributed by atoms with Gasteiger partial charge in [0.05, 0.1) is 24.8 Å². The second kappa shape index (κ2) is 7.66. The van der Waals surface area contributed by atoms with Crippen LogP contribution in [0, 0.1) is 34.5 Å². The molecule has 0 saturated carbocycles. The van der Waals surface area contributed by atoms with Gasteiger partial charge in [0.15, 0.2) is 0 Å². The first-order valence-electron chi connectivity index (χ1n) is 6.30. The largest absolute Gasteiger partial charge is 0.496 e. The summed E-state index contributed by atoms with van der Waals surface area (Å²) in [5, 5.41) is 19.7. The van der Waals surface area contributed by atoms with Crippen LogP contribution in [0.25, 0.3) is 0 Å². The van der Waals surface area contributed by atoms with Gasteiger partial charge in [0, 0.05) is 6.42 Å². The molecule has 1 aromatic carbocycles. The summed E-state index contributed by atoms with van der Waals surface area (Å²) < 4.78 is 5.04. The van der Waals surface area contributed by atoms with Crippen molar-refractivity contribution >= 4 is 11.8 Å². The maximum atomic E-state index is 12.0. The lowest BCUT2D eigenvalue weighted by molar-refractivity contribution is -0.121. The number of para-hydroxylation sites is 1. The number of carbonyl (C=O) groups is 2. The first-order chi connectivity index (χ1) is 10.0. The number of methoxy groups -OCH3 is 1. The molecular weight excluding hydrogens is 270 g/mol. The number of hydrogen-bond donors (Lipinski definition) is 1. The van der Waals surface area contributed by atoms with Crippen LogP contribution in [0.5, 0.6) is 5.75 Å². The lowest BCUT2D eigenvalue weighted by Gasteiger charge is -2.12. The molecule has 0 aliphatic rings. The predicted octanol–water partition coefficient (Wildman–Crippen LogP) is 1.64. The summed E-state index contributed by atoms with van der Waals surface area (Å²) >= 11 is 0. The predicted molar refractivity (Wildman–Crippen MR) is 74.0 cm³/mol. The number of ether oxygens (including phenoxy) is 1. The zero-order valence-electron chi connectivity index (χ0n) is 11.8. The molecule has 0 spiro atoms. The van der Waals surface area contributed by atoms with E-state index in [1.165, 1.54) is 13.2 Å². The van der Waals surface area contributed by atoms with Crippen LogP contribution in [-0.2, 0) is 4.79 Å². The van der Waals surface area contributed by atoms with Crippen molar-refractivity contribution in [2.45, 2.75) is 13.3 Å². The fourth-order valence-electron chi connectivity index (χ4n) is 1.77. The van der Waals surface area contributed by atoms with Gasteiger partial charge in [-0.3, -0.25) is 14.9 Å². The SMILES string of the molecule is COc1ccccc1C(=O)NC(=O)C[C@H](C)C(C#N)C#N. The first kappa shape index (κ1) is 16.2. The molecule has 0 radical (unpaired) electrons. The zero-order valence-corrected chi connectivity index (χ0v) is 11.8. The fourth-order valence-corrected chi connectivity index (χ4v) is 1.77. The second-order valence-corrected chi connectivity index (χ2v) is 4.49. The Kier molecular flexibility index (Phi) is 5.91. The van der Waals surface area contributed by atoms with Gasteiger partial charge in [-0.25, -0.2) is 0 Å². The highest BCUT2D eigenvalue weighted by Crippen LogP contribution is 2.17. The minimum atomic E-state index is -0.878. The number of benzene rings is 1. The van der Waals surface area contributed by atoms with E-state index in [-0.39, 0.29) is 12.0 Å². The Labute approximate surface area is 122 Å². The molecule has 1 rings (SSSR count). The van der Waals surface area contributed by atoms with Crippen molar-refractivity contribution in [1.82, 2.24) is 5.32 Å². The fraction of sp³-hybridized carbons (Fsp3) is 0.333. The van der Waals surface area contributed by atoms with Gasteiger partial charge < -0.3 is 4.74 Å². The number of rotatable bonds is 5. The Morgan fingerprint density at radius 3 is 2.48 bits per heavy atom. The summed E-state index contributed by atoms with van der Waals surface area (Å²) in [6.45, 7) is 1.62. The topological polar surface area (TPSA) is 103 Å². The van der Waals surface area contributed by atoms with E-state index in [1.807, 2.05) is 12.1 Å². The maximum absolute atomic E-state index is 12.0. The van der Waals surface area contributed by atoms with Crippen LogP contribution >= 0.6 is 0 Å². The highest BCUT2D eigenvalue weighted by Gasteiger charge is 2.21. The molecule has 21 heavy (non-hydrogen) atoms. The summed E-state index contributed by atoms with van der Waals surface area (Å²) in [6.07, 6.45) is -0.0767. The number of nitriles is 2. The quantitative estimate of drug-likeness (QED) is 0.885. The van der Waals surface area contributed by atoms with Crippen LogP contribution in [-0.4, -0.2) is 18.9 Å². The summed E-state index contributed by atoms with van der Waals surface area (Å²) in [5.74, 6) is -2.07. The Balaban J connectivity index is 2.69. The van der Waals surface area contributed by atoms with Gasteiger partial charge in [0.2, 0.25) is 5.91 Å². The number of nitrogens with zero attached hydrogens (tertiary/aromatic N) is 2. The average Bonchev–Trinajstić information content (AvgIpc) is 2.48. The Morgan fingerprint density at radius 2 is 1.90 bits per heavy atom. The standard InChI is InChI=1S/C15H15N3O3/c1-10(11(8-16)9-17)7-14(19)18-15(20)12-5-3-4-6-13(12)21-2/h3-6,10-11H,7H2,1-2H3,(H,18,19,20)/t10-/m0/s1. The molecule has 0 aliphatic heterocycles. The molecule has 0 aliphatic carbocycles. The van der Waals surface area contributed by atoms with E-state index in [0.717, 1.165) is 0 Å². The van der Waals surface area contributed by atoms with Crippen molar-refractivity contribution in [2.75, 3.05) is 7.11 Å². The Morgan fingerprint density at radius 1 is 1.29 bits per heavy atom.